The number of carbonyl (C=O) groups excluding carboxylic acids is 3. The second-order valence-electron chi connectivity index (χ2n) is 7.45. The maximum absolute atomic E-state index is 13.5. The summed E-state index contributed by atoms with van der Waals surface area (Å²) in [5.41, 5.74) is 1.40. The molecule has 1 saturated heterocycles. The molecule has 2 N–H and O–H groups in total. The summed E-state index contributed by atoms with van der Waals surface area (Å²) in [5.74, 6) is -1.61. The van der Waals surface area contributed by atoms with E-state index in [9.17, 15) is 22.8 Å². The maximum Gasteiger partial charge on any atom is 0.249 e. The number of piperidine rings is 1. The number of benzene rings is 1. The summed E-state index contributed by atoms with van der Waals surface area (Å²) in [7, 11) is -3.94. The van der Waals surface area contributed by atoms with Crippen LogP contribution in [0.4, 0.5) is 0 Å². The zero-order valence-electron chi connectivity index (χ0n) is 15.5. The standard InChI is InChI=1S/C19H24N2O5S/c1-12-5-6-13(2)15(11-12)27(25,26)19(9-3-4-10-19)18(24)20-14-7-8-16(22)21-17(14)23/h5-6,11,14H,3-4,7-10H2,1-2H3,(H,20,24)(H,21,22,23)/t14-/m1/s1. The Morgan fingerprint density at radius 2 is 1.85 bits per heavy atom. The number of aryl methyl sites for hydroxylation is 2. The number of imide groups is 1. The summed E-state index contributed by atoms with van der Waals surface area (Å²) >= 11 is 0. The predicted octanol–water partition coefficient (Wildman–Crippen LogP) is 1.31. The second-order valence-corrected chi connectivity index (χ2v) is 9.68. The van der Waals surface area contributed by atoms with E-state index in [2.05, 4.69) is 10.6 Å². The van der Waals surface area contributed by atoms with Crippen LogP contribution in [0, 0.1) is 13.8 Å². The number of hydrogen-bond donors (Lipinski definition) is 2. The Bertz CT molecular complexity index is 901. The number of hydrogen-bond acceptors (Lipinski definition) is 5. The molecule has 2 fully saturated rings. The number of sulfone groups is 1. The summed E-state index contributed by atoms with van der Waals surface area (Å²) < 4.78 is 25.5. The molecule has 0 bridgehead atoms. The van der Waals surface area contributed by atoms with Crippen LogP contribution in [0.1, 0.15) is 49.7 Å². The first-order valence-electron chi connectivity index (χ1n) is 9.14. The van der Waals surface area contributed by atoms with E-state index in [0.29, 0.717) is 18.4 Å². The molecule has 0 aromatic heterocycles. The van der Waals surface area contributed by atoms with Crippen molar-refractivity contribution in [3.8, 4) is 0 Å². The topological polar surface area (TPSA) is 109 Å². The molecule has 146 valence electrons. The van der Waals surface area contributed by atoms with Crippen LogP contribution in [0.15, 0.2) is 23.1 Å². The molecule has 1 aliphatic heterocycles. The minimum absolute atomic E-state index is 0.118. The van der Waals surface area contributed by atoms with Gasteiger partial charge < -0.3 is 5.32 Å². The van der Waals surface area contributed by atoms with Gasteiger partial charge in [0.05, 0.1) is 4.90 Å². The van der Waals surface area contributed by atoms with Crippen molar-refractivity contribution in [1.82, 2.24) is 10.6 Å². The van der Waals surface area contributed by atoms with Gasteiger partial charge in [-0.3, -0.25) is 19.7 Å². The van der Waals surface area contributed by atoms with Gasteiger partial charge >= 0.3 is 0 Å². The molecule has 27 heavy (non-hydrogen) atoms. The Kier molecular flexibility index (Phi) is 5.12. The highest BCUT2D eigenvalue weighted by atomic mass is 32.2. The minimum Gasteiger partial charge on any atom is -0.343 e. The Hall–Kier alpha value is -2.22. The third-order valence-electron chi connectivity index (χ3n) is 5.52. The lowest BCUT2D eigenvalue weighted by Crippen LogP contribution is -2.58. The van der Waals surface area contributed by atoms with E-state index in [1.54, 1.807) is 19.1 Å². The van der Waals surface area contributed by atoms with Crippen LogP contribution in [-0.4, -0.2) is 36.9 Å². The van der Waals surface area contributed by atoms with Crippen molar-refractivity contribution >= 4 is 27.6 Å². The smallest absolute Gasteiger partial charge is 0.249 e. The van der Waals surface area contributed by atoms with Gasteiger partial charge in [0.25, 0.3) is 0 Å². The fraction of sp³-hybridized carbons (Fsp3) is 0.526. The van der Waals surface area contributed by atoms with Crippen LogP contribution in [0.5, 0.6) is 0 Å². The highest BCUT2D eigenvalue weighted by Gasteiger charge is 2.54. The van der Waals surface area contributed by atoms with Crippen molar-refractivity contribution in [2.45, 2.75) is 68.1 Å². The highest BCUT2D eigenvalue weighted by molar-refractivity contribution is 7.93. The molecule has 0 radical (unpaired) electrons. The molecule has 3 rings (SSSR count). The van der Waals surface area contributed by atoms with E-state index in [0.717, 1.165) is 5.56 Å². The second kappa shape index (κ2) is 7.07. The van der Waals surface area contributed by atoms with Crippen LogP contribution < -0.4 is 10.6 Å². The van der Waals surface area contributed by atoms with E-state index < -0.39 is 32.4 Å². The van der Waals surface area contributed by atoms with Crippen molar-refractivity contribution in [2.24, 2.45) is 0 Å². The maximum atomic E-state index is 13.5. The molecular formula is C19H24N2O5S. The molecule has 1 aliphatic carbocycles. The molecule has 1 aromatic carbocycles. The Morgan fingerprint density at radius 1 is 1.19 bits per heavy atom. The summed E-state index contributed by atoms with van der Waals surface area (Å²) in [6.07, 6.45) is 2.01. The third-order valence-corrected chi connectivity index (χ3v) is 8.16. The number of amides is 3. The van der Waals surface area contributed by atoms with E-state index in [1.807, 2.05) is 13.0 Å². The van der Waals surface area contributed by atoms with Gasteiger partial charge in [0.2, 0.25) is 17.7 Å². The van der Waals surface area contributed by atoms with Gasteiger partial charge in [0.1, 0.15) is 6.04 Å². The summed E-state index contributed by atoms with van der Waals surface area (Å²) in [6, 6.07) is 4.29. The normalized spacial score (nSPS) is 22.4. The molecule has 1 heterocycles. The lowest BCUT2D eigenvalue weighted by Gasteiger charge is -2.31. The quantitative estimate of drug-likeness (QED) is 0.751. The van der Waals surface area contributed by atoms with Crippen molar-refractivity contribution in [1.29, 1.82) is 0 Å². The molecule has 7 nitrogen and oxygen atoms in total. The van der Waals surface area contributed by atoms with Gasteiger partial charge in [-0.15, -0.1) is 0 Å². The van der Waals surface area contributed by atoms with Gasteiger partial charge in [-0.1, -0.05) is 25.0 Å². The van der Waals surface area contributed by atoms with Gasteiger partial charge in [-0.2, -0.15) is 0 Å². The molecule has 1 atom stereocenters. The first kappa shape index (κ1) is 19.5. The van der Waals surface area contributed by atoms with Gasteiger partial charge in [0, 0.05) is 6.42 Å². The van der Waals surface area contributed by atoms with Gasteiger partial charge in [-0.25, -0.2) is 8.42 Å². The average molecular weight is 392 g/mol. The Morgan fingerprint density at radius 3 is 2.48 bits per heavy atom. The van der Waals surface area contributed by atoms with Crippen LogP contribution in [0.25, 0.3) is 0 Å². The minimum atomic E-state index is -3.94. The van der Waals surface area contributed by atoms with Crippen molar-refractivity contribution in [3.63, 3.8) is 0 Å². The number of carbonyl (C=O) groups is 3. The number of rotatable bonds is 4. The van der Waals surface area contributed by atoms with Gasteiger partial charge in [0.15, 0.2) is 14.6 Å². The lowest BCUT2D eigenvalue weighted by atomic mass is 10.0. The summed E-state index contributed by atoms with van der Waals surface area (Å²) in [4.78, 5) is 36.6. The van der Waals surface area contributed by atoms with Crippen molar-refractivity contribution in [3.05, 3.63) is 29.3 Å². The number of nitrogens with one attached hydrogen (secondary N) is 2. The Balaban J connectivity index is 1.96. The van der Waals surface area contributed by atoms with Gasteiger partial charge in [-0.05, 0) is 50.3 Å². The lowest BCUT2D eigenvalue weighted by molar-refractivity contribution is -0.137. The zero-order chi connectivity index (χ0) is 19.8. The first-order valence-corrected chi connectivity index (χ1v) is 10.6. The molecule has 0 unspecified atom stereocenters. The van der Waals surface area contributed by atoms with E-state index in [1.165, 1.54) is 0 Å². The van der Waals surface area contributed by atoms with Crippen molar-refractivity contribution < 1.29 is 22.8 Å². The fourth-order valence-electron chi connectivity index (χ4n) is 3.89. The van der Waals surface area contributed by atoms with Crippen LogP contribution in [0.3, 0.4) is 0 Å². The predicted molar refractivity (Wildman–Crippen MR) is 98.6 cm³/mol. The average Bonchev–Trinajstić information content (AvgIpc) is 3.11. The fourth-order valence-corrected chi connectivity index (χ4v) is 6.28. The highest BCUT2D eigenvalue weighted by Crippen LogP contribution is 2.42. The molecule has 1 saturated carbocycles. The molecule has 8 heteroatoms. The third kappa shape index (κ3) is 3.38. The van der Waals surface area contributed by atoms with Crippen LogP contribution in [0.2, 0.25) is 0 Å². The van der Waals surface area contributed by atoms with E-state index in [4.69, 9.17) is 0 Å². The molecule has 1 aromatic rings. The summed E-state index contributed by atoms with van der Waals surface area (Å²) in [6.45, 7) is 3.52. The van der Waals surface area contributed by atoms with Crippen molar-refractivity contribution in [2.75, 3.05) is 0 Å². The molecule has 2 aliphatic rings. The van der Waals surface area contributed by atoms with E-state index >= 15 is 0 Å². The SMILES string of the molecule is Cc1ccc(C)c(S(=O)(=O)C2(C(=O)N[C@@H]3CCC(=O)NC3=O)CCCC2)c1. The largest absolute Gasteiger partial charge is 0.343 e. The molecule has 0 spiro atoms. The Labute approximate surface area is 158 Å². The van der Waals surface area contributed by atoms with Crippen LogP contribution >= 0.6 is 0 Å². The zero-order valence-corrected chi connectivity index (χ0v) is 16.3. The monoisotopic (exact) mass is 392 g/mol. The molecular weight excluding hydrogens is 368 g/mol. The molecule has 3 amide bonds. The summed E-state index contributed by atoms with van der Waals surface area (Å²) in [5, 5.41) is 4.78. The van der Waals surface area contributed by atoms with E-state index in [-0.39, 0.29) is 36.5 Å². The first-order chi connectivity index (χ1) is 12.7. The van der Waals surface area contributed by atoms with Crippen LogP contribution in [-0.2, 0) is 24.2 Å².